The number of hydrogen-bond acceptors (Lipinski definition) is 3. The fraction of sp³-hybridized carbons (Fsp3) is 0. The number of sulfonamides is 1. The van der Waals surface area contributed by atoms with E-state index in [1.807, 2.05) is 0 Å². The molecule has 0 aromatic carbocycles. The summed E-state index contributed by atoms with van der Waals surface area (Å²) in [6, 6.07) is 2.43. The molecule has 0 spiro atoms. The van der Waals surface area contributed by atoms with Crippen LogP contribution in [0.25, 0.3) is 0 Å². The van der Waals surface area contributed by atoms with Crippen molar-refractivity contribution in [2.24, 2.45) is 0 Å². The van der Waals surface area contributed by atoms with Crippen LogP contribution >= 0.6 is 0 Å². The van der Waals surface area contributed by atoms with E-state index in [1.54, 1.807) is 4.72 Å². The van der Waals surface area contributed by atoms with Gasteiger partial charge in [0, 0.05) is 13.2 Å². The van der Waals surface area contributed by atoms with E-state index in [1.165, 1.54) is 6.07 Å². The largest absolute Gasteiger partial charge is 0.245 e. The van der Waals surface area contributed by atoms with E-state index in [0.29, 0.717) is 0 Å². The van der Waals surface area contributed by atoms with Crippen LogP contribution in [0, 0.1) is 13.0 Å². The number of nitrogens with one attached hydrogen (secondary N) is 1. The number of rotatable bonds is 2. The molecule has 0 bridgehead atoms. The summed E-state index contributed by atoms with van der Waals surface area (Å²) < 4.78 is 36.4. The third-order valence-corrected chi connectivity index (χ3v) is 2.47. The molecule has 1 N–H and O–H groups in total. The second kappa shape index (κ2) is 3.16. The summed E-state index contributed by atoms with van der Waals surface area (Å²) >= 11 is 0. The maximum Gasteiger partial charge on any atom is 0.245 e. The van der Waals surface area contributed by atoms with Gasteiger partial charge in [-0.25, -0.2) is 18.1 Å². The monoisotopic (exact) mass is 189 g/mol. The van der Waals surface area contributed by atoms with Crippen molar-refractivity contribution in [1.29, 1.82) is 0 Å². The van der Waals surface area contributed by atoms with Crippen molar-refractivity contribution in [2.45, 2.75) is 4.90 Å². The van der Waals surface area contributed by atoms with Gasteiger partial charge in [-0.3, -0.25) is 0 Å². The standard InChI is InChI=1S/C6H6FN2O2S/c1-8-12(10,11)5-3-2-4-9-6(5)7/h2-4,8H,1H2. The Morgan fingerprint density at radius 3 is 2.75 bits per heavy atom. The second-order valence-corrected chi connectivity index (χ2v) is 3.68. The summed E-state index contributed by atoms with van der Waals surface area (Å²) in [5.41, 5.74) is 0. The van der Waals surface area contributed by atoms with Gasteiger partial charge in [-0.15, -0.1) is 0 Å². The molecule has 6 heteroatoms. The molecule has 0 unspecified atom stereocenters. The molecule has 12 heavy (non-hydrogen) atoms. The van der Waals surface area contributed by atoms with Crippen LogP contribution in [0.15, 0.2) is 23.2 Å². The number of pyridine rings is 1. The fourth-order valence-corrected chi connectivity index (χ4v) is 1.34. The quantitative estimate of drug-likeness (QED) is 0.680. The lowest BCUT2D eigenvalue weighted by Crippen LogP contribution is -2.18. The Balaban J connectivity index is 3.30. The molecule has 0 saturated carbocycles. The van der Waals surface area contributed by atoms with Crippen molar-refractivity contribution in [2.75, 3.05) is 0 Å². The Hall–Kier alpha value is -1.01. The Kier molecular flexibility index (Phi) is 2.39. The van der Waals surface area contributed by atoms with E-state index in [2.05, 4.69) is 12.0 Å². The first-order valence-corrected chi connectivity index (χ1v) is 4.45. The zero-order valence-corrected chi connectivity index (χ0v) is 6.81. The first kappa shape index (κ1) is 9.08. The number of hydrogen-bond donors (Lipinski definition) is 1. The normalized spacial score (nSPS) is 11.5. The van der Waals surface area contributed by atoms with Gasteiger partial charge >= 0.3 is 0 Å². The van der Waals surface area contributed by atoms with Gasteiger partial charge in [0.15, 0.2) is 0 Å². The summed E-state index contributed by atoms with van der Waals surface area (Å²) in [7, 11) is -0.885. The minimum absolute atomic E-state index is 0.500. The molecule has 1 aromatic rings. The highest BCUT2D eigenvalue weighted by Crippen LogP contribution is 2.09. The van der Waals surface area contributed by atoms with Crippen molar-refractivity contribution >= 4 is 10.0 Å². The van der Waals surface area contributed by atoms with Crippen molar-refractivity contribution in [1.82, 2.24) is 9.71 Å². The number of nitrogens with zero attached hydrogens (tertiary/aromatic N) is 1. The van der Waals surface area contributed by atoms with E-state index < -0.39 is 20.9 Å². The van der Waals surface area contributed by atoms with Gasteiger partial charge in [0.1, 0.15) is 4.90 Å². The molecule has 4 nitrogen and oxygen atoms in total. The van der Waals surface area contributed by atoms with E-state index in [-0.39, 0.29) is 0 Å². The summed E-state index contributed by atoms with van der Waals surface area (Å²) in [6.45, 7) is 0. The average molecular weight is 189 g/mol. The molecule has 0 amide bonds. The smallest absolute Gasteiger partial charge is 0.227 e. The van der Waals surface area contributed by atoms with Crippen LogP contribution in [-0.4, -0.2) is 13.4 Å². The Morgan fingerprint density at radius 1 is 1.58 bits per heavy atom. The highest BCUT2D eigenvalue weighted by atomic mass is 32.2. The maximum absolute atomic E-state index is 12.7. The number of halogens is 1. The Morgan fingerprint density at radius 2 is 2.25 bits per heavy atom. The van der Waals surface area contributed by atoms with Gasteiger partial charge in [0.2, 0.25) is 16.0 Å². The first-order chi connectivity index (χ1) is 5.58. The molecule has 0 saturated heterocycles. The highest BCUT2D eigenvalue weighted by molar-refractivity contribution is 7.89. The molecule has 0 aliphatic heterocycles. The maximum atomic E-state index is 12.7. The van der Waals surface area contributed by atoms with Gasteiger partial charge in [-0.2, -0.15) is 4.39 Å². The summed E-state index contributed by atoms with van der Waals surface area (Å²) in [5.74, 6) is -1.03. The van der Waals surface area contributed by atoms with Crippen LogP contribution in [0.5, 0.6) is 0 Å². The molecule has 0 aliphatic carbocycles. The van der Waals surface area contributed by atoms with Crippen LogP contribution in [0.1, 0.15) is 0 Å². The summed E-state index contributed by atoms with van der Waals surface area (Å²) in [5, 5.41) is 0. The van der Waals surface area contributed by atoms with Crippen LogP contribution in [0.3, 0.4) is 0 Å². The molecular weight excluding hydrogens is 183 g/mol. The fourth-order valence-electron chi connectivity index (χ4n) is 0.649. The molecule has 0 atom stereocenters. The Bertz CT molecular complexity index is 377. The van der Waals surface area contributed by atoms with Crippen LogP contribution in [0.2, 0.25) is 0 Å². The van der Waals surface area contributed by atoms with E-state index in [9.17, 15) is 12.8 Å². The number of aromatic nitrogens is 1. The summed E-state index contributed by atoms with van der Waals surface area (Å²) in [4.78, 5) is 2.68. The second-order valence-electron chi connectivity index (χ2n) is 1.94. The van der Waals surface area contributed by atoms with E-state index in [4.69, 9.17) is 0 Å². The Labute approximate surface area is 69.5 Å². The zero-order chi connectivity index (χ0) is 9.19. The van der Waals surface area contributed by atoms with Crippen molar-refractivity contribution in [3.05, 3.63) is 31.3 Å². The van der Waals surface area contributed by atoms with Crippen molar-refractivity contribution in [3.63, 3.8) is 0 Å². The summed E-state index contributed by atoms with van der Waals surface area (Å²) in [6.07, 6.45) is 1.16. The minimum Gasteiger partial charge on any atom is -0.227 e. The van der Waals surface area contributed by atoms with Gasteiger partial charge in [0.05, 0.1) is 0 Å². The van der Waals surface area contributed by atoms with Gasteiger partial charge in [-0.05, 0) is 12.1 Å². The third kappa shape index (κ3) is 1.59. The van der Waals surface area contributed by atoms with Gasteiger partial charge in [0.25, 0.3) is 0 Å². The predicted molar refractivity (Wildman–Crippen MR) is 39.9 cm³/mol. The SMILES string of the molecule is [CH2]NS(=O)(=O)c1cccnc1F. The average Bonchev–Trinajstić information content (AvgIpc) is 2.05. The van der Waals surface area contributed by atoms with E-state index >= 15 is 0 Å². The molecule has 65 valence electrons. The van der Waals surface area contributed by atoms with E-state index in [0.717, 1.165) is 12.3 Å². The van der Waals surface area contributed by atoms with Crippen LogP contribution < -0.4 is 4.72 Å². The topological polar surface area (TPSA) is 59.1 Å². The lowest BCUT2D eigenvalue weighted by Gasteiger charge is -2.00. The molecule has 1 heterocycles. The van der Waals surface area contributed by atoms with Crippen LogP contribution in [-0.2, 0) is 10.0 Å². The third-order valence-electron chi connectivity index (χ3n) is 1.20. The van der Waals surface area contributed by atoms with Crippen molar-refractivity contribution < 1.29 is 12.8 Å². The zero-order valence-electron chi connectivity index (χ0n) is 5.99. The predicted octanol–water partition coefficient (Wildman–Crippen LogP) is 0.291. The molecule has 1 rings (SSSR count). The molecular formula is C6H6FN2O2S. The van der Waals surface area contributed by atoms with Gasteiger partial charge < -0.3 is 0 Å². The molecule has 0 aliphatic rings. The lowest BCUT2D eigenvalue weighted by atomic mass is 10.5. The molecule has 0 fully saturated rings. The van der Waals surface area contributed by atoms with Gasteiger partial charge in [-0.1, -0.05) is 0 Å². The molecule has 1 aromatic heterocycles. The first-order valence-electron chi connectivity index (χ1n) is 2.97. The van der Waals surface area contributed by atoms with Crippen LogP contribution in [0.4, 0.5) is 4.39 Å². The molecule has 1 radical (unpaired) electrons. The van der Waals surface area contributed by atoms with Crippen molar-refractivity contribution in [3.8, 4) is 0 Å². The highest BCUT2D eigenvalue weighted by Gasteiger charge is 2.16. The lowest BCUT2D eigenvalue weighted by molar-refractivity contribution is 0.536. The minimum atomic E-state index is -3.83.